The fourth-order valence-corrected chi connectivity index (χ4v) is 5.40. The van der Waals surface area contributed by atoms with Gasteiger partial charge in [-0.05, 0) is 50.4 Å². The van der Waals surface area contributed by atoms with Gasteiger partial charge in [-0.1, -0.05) is 13.8 Å². The lowest BCUT2D eigenvalue weighted by atomic mass is 9.80. The van der Waals surface area contributed by atoms with Crippen molar-refractivity contribution in [3.63, 3.8) is 0 Å². The summed E-state index contributed by atoms with van der Waals surface area (Å²) < 4.78 is 125. The van der Waals surface area contributed by atoms with Gasteiger partial charge in [-0.3, -0.25) is 4.79 Å². The van der Waals surface area contributed by atoms with Crippen LogP contribution in [-0.2, 0) is 19.6 Å². The van der Waals surface area contributed by atoms with Gasteiger partial charge in [0.2, 0.25) is 10.0 Å². The molecule has 0 spiro atoms. The van der Waals surface area contributed by atoms with Gasteiger partial charge in [0.15, 0.2) is 0 Å². The normalized spacial score (nSPS) is 27.8. The Morgan fingerprint density at radius 3 is 2.06 bits per heavy atom. The topological polar surface area (TPSA) is 75.7 Å². The Morgan fingerprint density at radius 1 is 1.03 bits per heavy atom. The van der Waals surface area contributed by atoms with E-state index in [9.17, 15) is 43.9 Å². The number of hydrogen-bond acceptors (Lipinski definition) is 4. The summed E-state index contributed by atoms with van der Waals surface area (Å²) in [4.78, 5) is 12.6. The molecule has 0 bridgehead atoms. The van der Waals surface area contributed by atoms with Crippen molar-refractivity contribution in [3.8, 4) is 0 Å². The second kappa shape index (κ2) is 10.5. The number of rotatable bonds is 8. The largest absolute Gasteiger partial charge is 0.460 e. The van der Waals surface area contributed by atoms with Crippen LogP contribution in [0.1, 0.15) is 52.4 Å². The molecule has 14 heteroatoms. The predicted molar refractivity (Wildman–Crippen MR) is 109 cm³/mol. The van der Waals surface area contributed by atoms with Gasteiger partial charge in [-0.25, -0.2) is 13.1 Å². The summed E-state index contributed by atoms with van der Waals surface area (Å²) >= 11 is 0. The number of piperidine rings is 1. The van der Waals surface area contributed by atoms with E-state index in [1.165, 1.54) is 0 Å². The van der Waals surface area contributed by atoms with Crippen LogP contribution < -0.4 is 4.72 Å². The summed E-state index contributed by atoms with van der Waals surface area (Å²) in [5.74, 6) is -14.5. The van der Waals surface area contributed by atoms with Crippen LogP contribution >= 0.6 is 0 Å². The van der Waals surface area contributed by atoms with Crippen LogP contribution in [0.2, 0.25) is 0 Å². The Balaban J connectivity index is 2.25. The average Bonchev–Trinajstić information content (AvgIpc) is 2.70. The molecule has 34 heavy (non-hydrogen) atoms. The molecule has 1 heterocycles. The summed E-state index contributed by atoms with van der Waals surface area (Å²) in [5.41, 5.74) is 0. The van der Waals surface area contributed by atoms with E-state index in [1.54, 1.807) is 0 Å². The van der Waals surface area contributed by atoms with Crippen molar-refractivity contribution in [3.05, 3.63) is 0 Å². The smallest absolute Gasteiger partial charge is 0.376 e. The summed E-state index contributed by atoms with van der Waals surface area (Å²) in [6.07, 6.45) is -3.32. The molecule has 0 aromatic carbocycles. The van der Waals surface area contributed by atoms with Crippen LogP contribution in [0, 0.1) is 11.8 Å². The molecular weight excluding hydrogens is 497 g/mol. The third-order valence-corrected chi connectivity index (χ3v) is 7.32. The molecule has 200 valence electrons. The predicted octanol–water partition coefficient (Wildman–Crippen LogP) is 3.96. The lowest BCUT2D eigenvalue weighted by Crippen LogP contribution is -2.66. The van der Waals surface area contributed by atoms with E-state index in [4.69, 9.17) is 4.74 Å². The monoisotopic (exact) mass is 528 g/mol. The zero-order chi connectivity index (χ0) is 26.1. The third kappa shape index (κ3) is 6.54. The highest BCUT2D eigenvalue weighted by Crippen LogP contribution is 2.47. The molecule has 1 aliphatic carbocycles. The molecule has 6 nitrogen and oxygen atoms in total. The third-order valence-electron chi connectivity index (χ3n) is 6.59. The number of nitrogens with zero attached hydrogens (tertiary/aromatic N) is 1. The van der Waals surface area contributed by atoms with E-state index in [0.717, 1.165) is 19.1 Å². The molecule has 0 aromatic rings. The summed E-state index contributed by atoms with van der Waals surface area (Å²) in [6, 6.07) is -2.66. The number of carbonyl (C=O) groups is 1. The van der Waals surface area contributed by atoms with E-state index in [0.29, 0.717) is 24.7 Å². The van der Waals surface area contributed by atoms with Crippen molar-refractivity contribution >= 4 is 15.9 Å². The zero-order valence-electron chi connectivity index (χ0n) is 19.2. The van der Waals surface area contributed by atoms with Crippen LogP contribution in [0.15, 0.2) is 0 Å². The highest BCUT2D eigenvalue weighted by atomic mass is 32.2. The maximum Gasteiger partial charge on any atom is 0.460 e. The van der Waals surface area contributed by atoms with Crippen molar-refractivity contribution in [2.45, 2.75) is 88.6 Å². The number of nitrogens with one attached hydrogen (secondary N) is 1. The molecule has 1 aliphatic heterocycles. The Morgan fingerprint density at radius 2 is 1.59 bits per heavy atom. The summed E-state index contributed by atoms with van der Waals surface area (Å²) in [5, 5.41) is 0. The Labute approximate surface area is 194 Å². The highest BCUT2D eigenvalue weighted by molar-refractivity contribution is 7.88. The SMILES string of the molecule is CC(C)C1CCC(OC[C@@H]2[C@H](NS(C)(=O)=O)CCCN2C(=O)C(F)(F)C(F)(F)C(F)(F)F)CC1. The lowest BCUT2D eigenvalue weighted by molar-refractivity contribution is -0.346. The summed E-state index contributed by atoms with van der Waals surface area (Å²) in [6.45, 7) is 3.13. The quantitative estimate of drug-likeness (QED) is 0.484. The molecule has 1 saturated carbocycles. The maximum absolute atomic E-state index is 14.2. The van der Waals surface area contributed by atoms with Crippen LogP contribution in [0.3, 0.4) is 0 Å². The van der Waals surface area contributed by atoms with Crippen molar-refractivity contribution in [2.24, 2.45) is 11.8 Å². The van der Waals surface area contributed by atoms with Crippen molar-refractivity contribution in [1.82, 2.24) is 9.62 Å². The number of halogens is 7. The number of likely N-dealkylation sites (tertiary alicyclic amines) is 1. The van der Waals surface area contributed by atoms with Gasteiger partial charge >= 0.3 is 18.0 Å². The molecule has 1 saturated heterocycles. The van der Waals surface area contributed by atoms with E-state index in [2.05, 4.69) is 18.6 Å². The van der Waals surface area contributed by atoms with Gasteiger partial charge in [-0.2, -0.15) is 30.7 Å². The molecule has 2 rings (SSSR count). The Bertz CT molecular complexity index is 812. The molecule has 2 fully saturated rings. The van der Waals surface area contributed by atoms with Gasteiger partial charge in [-0.15, -0.1) is 0 Å². The highest BCUT2D eigenvalue weighted by Gasteiger charge is 2.77. The number of ether oxygens (including phenoxy) is 1. The lowest BCUT2D eigenvalue weighted by Gasteiger charge is -2.43. The minimum atomic E-state index is -6.66. The zero-order valence-corrected chi connectivity index (χ0v) is 20.0. The first-order valence-corrected chi connectivity index (χ1v) is 13.0. The van der Waals surface area contributed by atoms with Crippen LogP contribution in [-0.4, -0.2) is 74.8 Å². The molecule has 1 amide bonds. The minimum absolute atomic E-state index is 0.0617. The van der Waals surface area contributed by atoms with Gasteiger partial charge in [0, 0.05) is 12.6 Å². The first kappa shape index (κ1) is 29.1. The van der Waals surface area contributed by atoms with Crippen LogP contribution in [0.25, 0.3) is 0 Å². The fraction of sp³-hybridized carbons (Fsp3) is 0.950. The number of hydrogen-bond donors (Lipinski definition) is 1. The molecule has 2 atom stereocenters. The van der Waals surface area contributed by atoms with Crippen LogP contribution in [0.5, 0.6) is 0 Å². The number of alkyl halides is 7. The van der Waals surface area contributed by atoms with E-state index in [-0.39, 0.29) is 23.8 Å². The van der Waals surface area contributed by atoms with E-state index >= 15 is 0 Å². The molecule has 1 N–H and O–H groups in total. The standard InChI is InChI=1S/C20H31F7N2O4S/c1-12(2)13-6-8-14(9-7-13)33-11-16-15(28-34(3,31)32)5-4-10-29(16)17(30)18(21,22)19(23,24)20(25,26)27/h12-16,28H,4-11H2,1-3H3/t13?,14?,15-,16-/m1/s1. The second-order valence-electron chi connectivity index (χ2n) is 9.47. The Kier molecular flexibility index (Phi) is 8.94. The molecular formula is C20H31F7N2O4S. The average molecular weight is 529 g/mol. The fourth-order valence-electron chi connectivity index (χ4n) is 4.58. The van der Waals surface area contributed by atoms with Gasteiger partial charge in [0.1, 0.15) is 0 Å². The van der Waals surface area contributed by atoms with E-state index < -0.39 is 59.2 Å². The maximum atomic E-state index is 14.2. The van der Waals surface area contributed by atoms with Crippen LogP contribution in [0.4, 0.5) is 30.7 Å². The van der Waals surface area contributed by atoms with E-state index in [1.807, 2.05) is 0 Å². The first-order chi connectivity index (χ1) is 15.4. The second-order valence-corrected chi connectivity index (χ2v) is 11.2. The van der Waals surface area contributed by atoms with Gasteiger partial charge in [0.05, 0.1) is 25.0 Å². The van der Waals surface area contributed by atoms with Crippen molar-refractivity contribution < 1.29 is 48.7 Å². The summed E-state index contributed by atoms with van der Waals surface area (Å²) in [7, 11) is -3.91. The molecule has 0 aromatic heterocycles. The molecule has 0 unspecified atom stereocenters. The van der Waals surface area contributed by atoms with Crippen molar-refractivity contribution in [1.29, 1.82) is 0 Å². The number of sulfonamides is 1. The molecule has 0 radical (unpaired) electrons. The minimum Gasteiger partial charge on any atom is -0.376 e. The first-order valence-electron chi connectivity index (χ1n) is 11.1. The molecule has 2 aliphatic rings. The van der Waals surface area contributed by atoms with Crippen molar-refractivity contribution in [2.75, 3.05) is 19.4 Å². The Hall–Kier alpha value is -1.15. The number of amides is 1. The number of carbonyl (C=O) groups excluding carboxylic acids is 1. The van der Waals surface area contributed by atoms with Gasteiger partial charge < -0.3 is 9.64 Å². The van der Waals surface area contributed by atoms with Gasteiger partial charge in [0.25, 0.3) is 5.91 Å².